The van der Waals surface area contributed by atoms with Crippen LogP contribution in [-0.2, 0) is 16.0 Å². The number of rotatable bonds is 7. The Kier molecular flexibility index (Phi) is 7.63. The molecule has 0 heterocycles. The van der Waals surface area contributed by atoms with Crippen molar-refractivity contribution in [2.24, 2.45) is 0 Å². The summed E-state index contributed by atoms with van der Waals surface area (Å²) < 4.78 is 0. The molecule has 3 amide bonds. The third-order valence-corrected chi connectivity index (χ3v) is 4.66. The van der Waals surface area contributed by atoms with Gasteiger partial charge in [0.05, 0.1) is 6.54 Å². The fraction of sp³-hybridized carbons (Fsp3) is 0.550. The van der Waals surface area contributed by atoms with Gasteiger partial charge >= 0.3 is 0 Å². The SMILES string of the molecule is CN(C)C(=O)c1ccc(CCC(=O)NCC(=O)NC2CCCCC2)cc1. The number of nitrogens with one attached hydrogen (secondary N) is 2. The van der Waals surface area contributed by atoms with Gasteiger partial charge in [0.1, 0.15) is 0 Å². The molecule has 0 saturated heterocycles. The quantitative estimate of drug-likeness (QED) is 0.780. The second-order valence-electron chi connectivity index (χ2n) is 7.08. The van der Waals surface area contributed by atoms with Crippen LogP contribution in [0.25, 0.3) is 0 Å². The minimum Gasteiger partial charge on any atom is -0.352 e. The van der Waals surface area contributed by atoms with E-state index in [0.29, 0.717) is 18.4 Å². The van der Waals surface area contributed by atoms with E-state index in [2.05, 4.69) is 10.6 Å². The van der Waals surface area contributed by atoms with E-state index in [4.69, 9.17) is 0 Å². The Bertz CT molecular complexity index is 620. The van der Waals surface area contributed by atoms with Gasteiger partial charge < -0.3 is 15.5 Å². The summed E-state index contributed by atoms with van der Waals surface area (Å²) in [5, 5.41) is 5.66. The van der Waals surface area contributed by atoms with Gasteiger partial charge in [-0.2, -0.15) is 0 Å². The van der Waals surface area contributed by atoms with E-state index in [1.807, 2.05) is 12.1 Å². The maximum Gasteiger partial charge on any atom is 0.253 e. The lowest BCUT2D eigenvalue weighted by atomic mass is 9.95. The molecule has 0 bridgehead atoms. The first kappa shape index (κ1) is 19.9. The van der Waals surface area contributed by atoms with Crippen LogP contribution in [0.4, 0.5) is 0 Å². The number of amides is 3. The second-order valence-corrected chi connectivity index (χ2v) is 7.08. The molecule has 0 atom stereocenters. The topological polar surface area (TPSA) is 78.5 Å². The van der Waals surface area contributed by atoms with Gasteiger partial charge in [-0.05, 0) is 37.0 Å². The lowest BCUT2D eigenvalue weighted by Crippen LogP contribution is -2.42. The maximum atomic E-state index is 11.9. The van der Waals surface area contributed by atoms with Crippen LogP contribution in [0.3, 0.4) is 0 Å². The third-order valence-electron chi connectivity index (χ3n) is 4.66. The standard InChI is InChI=1S/C20H29N3O3/c1-23(2)20(26)16-11-8-15(9-12-16)10-13-18(24)21-14-19(25)22-17-6-4-3-5-7-17/h8-9,11-12,17H,3-7,10,13-14H2,1-2H3,(H,21,24)(H,22,25). The number of benzene rings is 1. The molecule has 142 valence electrons. The van der Waals surface area contributed by atoms with Gasteiger partial charge in [-0.3, -0.25) is 14.4 Å². The van der Waals surface area contributed by atoms with E-state index in [0.717, 1.165) is 31.2 Å². The molecule has 0 radical (unpaired) electrons. The van der Waals surface area contributed by atoms with E-state index in [9.17, 15) is 14.4 Å². The van der Waals surface area contributed by atoms with E-state index in [1.165, 1.54) is 11.3 Å². The average molecular weight is 359 g/mol. The van der Waals surface area contributed by atoms with Crippen LogP contribution in [0.2, 0.25) is 0 Å². The molecule has 0 aromatic heterocycles. The van der Waals surface area contributed by atoms with Crippen LogP contribution >= 0.6 is 0 Å². The molecule has 1 aromatic carbocycles. The summed E-state index contributed by atoms with van der Waals surface area (Å²) in [6, 6.07) is 7.52. The number of hydrogen-bond acceptors (Lipinski definition) is 3. The van der Waals surface area contributed by atoms with Crippen molar-refractivity contribution < 1.29 is 14.4 Å². The number of carbonyl (C=O) groups is 3. The molecule has 1 aliphatic rings. The van der Waals surface area contributed by atoms with Crippen molar-refractivity contribution in [3.05, 3.63) is 35.4 Å². The summed E-state index contributed by atoms with van der Waals surface area (Å²) in [6.07, 6.45) is 6.53. The Hall–Kier alpha value is -2.37. The molecular weight excluding hydrogens is 330 g/mol. The fourth-order valence-corrected chi connectivity index (χ4v) is 3.12. The highest BCUT2D eigenvalue weighted by Crippen LogP contribution is 2.17. The average Bonchev–Trinajstić information content (AvgIpc) is 2.65. The van der Waals surface area contributed by atoms with Gasteiger partial charge in [0.2, 0.25) is 11.8 Å². The van der Waals surface area contributed by atoms with E-state index in [-0.39, 0.29) is 30.3 Å². The lowest BCUT2D eigenvalue weighted by molar-refractivity contribution is -0.126. The lowest BCUT2D eigenvalue weighted by Gasteiger charge is -2.22. The molecule has 2 rings (SSSR count). The monoisotopic (exact) mass is 359 g/mol. The summed E-state index contributed by atoms with van der Waals surface area (Å²) >= 11 is 0. The largest absolute Gasteiger partial charge is 0.352 e. The van der Waals surface area contributed by atoms with Crippen LogP contribution < -0.4 is 10.6 Å². The van der Waals surface area contributed by atoms with Crippen molar-refractivity contribution in [3.63, 3.8) is 0 Å². The van der Waals surface area contributed by atoms with Gasteiger partial charge in [-0.15, -0.1) is 0 Å². The van der Waals surface area contributed by atoms with Crippen LogP contribution in [0.1, 0.15) is 54.4 Å². The molecule has 0 aliphatic heterocycles. The number of aryl methyl sites for hydroxylation is 1. The highest BCUT2D eigenvalue weighted by atomic mass is 16.2. The van der Waals surface area contributed by atoms with E-state index >= 15 is 0 Å². The zero-order chi connectivity index (χ0) is 18.9. The molecule has 6 nitrogen and oxygen atoms in total. The Balaban J connectivity index is 1.68. The van der Waals surface area contributed by atoms with Crippen molar-refractivity contribution in [2.45, 2.75) is 51.0 Å². The van der Waals surface area contributed by atoms with Crippen LogP contribution in [-0.4, -0.2) is 49.3 Å². The predicted molar refractivity (Wildman–Crippen MR) is 101 cm³/mol. The zero-order valence-corrected chi connectivity index (χ0v) is 15.7. The van der Waals surface area contributed by atoms with Crippen molar-refractivity contribution in [1.82, 2.24) is 15.5 Å². The van der Waals surface area contributed by atoms with Crippen molar-refractivity contribution >= 4 is 17.7 Å². The molecule has 6 heteroatoms. The first-order valence-electron chi connectivity index (χ1n) is 9.32. The molecule has 1 fully saturated rings. The zero-order valence-electron chi connectivity index (χ0n) is 15.7. The third kappa shape index (κ3) is 6.50. The van der Waals surface area contributed by atoms with Crippen molar-refractivity contribution in [1.29, 1.82) is 0 Å². The van der Waals surface area contributed by atoms with Crippen LogP contribution in [0.15, 0.2) is 24.3 Å². The number of hydrogen-bond donors (Lipinski definition) is 2. The predicted octanol–water partition coefficient (Wildman–Crippen LogP) is 1.89. The molecule has 1 aliphatic carbocycles. The normalized spacial score (nSPS) is 14.5. The molecular formula is C20H29N3O3. The van der Waals surface area contributed by atoms with Gasteiger partial charge in [-0.1, -0.05) is 31.4 Å². The van der Waals surface area contributed by atoms with Crippen molar-refractivity contribution in [3.8, 4) is 0 Å². The highest BCUT2D eigenvalue weighted by Gasteiger charge is 2.16. The highest BCUT2D eigenvalue weighted by molar-refractivity contribution is 5.93. The second kappa shape index (κ2) is 9.94. The van der Waals surface area contributed by atoms with Crippen LogP contribution in [0, 0.1) is 0 Å². The maximum absolute atomic E-state index is 11.9. The summed E-state index contributed by atoms with van der Waals surface area (Å²) in [7, 11) is 3.43. The first-order chi connectivity index (χ1) is 12.5. The van der Waals surface area contributed by atoms with Gasteiger partial charge in [0.25, 0.3) is 5.91 Å². The Labute approximate surface area is 155 Å². The Morgan fingerprint density at radius 1 is 1.00 bits per heavy atom. The molecule has 26 heavy (non-hydrogen) atoms. The summed E-state index contributed by atoms with van der Waals surface area (Å²) in [6.45, 7) is 0.0333. The molecule has 1 aromatic rings. The number of carbonyl (C=O) groups excluding carboxylic acids is 3. The summed E-state index contributed by atoms with van der Waals surface area (Å²) in [5.74, 6) is -0.299. The minimum atomic E-state index is -0.141. The molecule has 2 N–H and O–H groups in total. The minimum absolute atomic E-state index is 0.0333. The van der Waals surface area contributed by atoms with Gasteiger partial charge in [0, 0.05) is 32.1 Å². The van der Waals surface area contributed by atoms with E-state index in [1.54, 1.807) is 26.2 Å². The van der Waals surface area contributed by atoms with Gasteiger partial charge in [0.15, 0.2) is 0 Å². The number of nitrogens with zero attached hydrogens (tertiary/aromatic N) is 1. The van der Waals surface area contributed by atoms with Crippen LogP contribution in [0.5, 0.6) is 0 Å². The molecule has 0 unspecified atom stereocenters. The first-order valence-corrected chi connectivity index (χ1v) is 9.32. The summed E-state index contributed by atoms with van der Waals surface area (Å²) in [4.78, 5) is 37.2. The Morgan fingerprint density at radius 3 is 2.27 bits per heavy atom. The van der Waals surface area contributed by atoms with Crippen molar-refractivity contribution in [2.75, 3.05) is 20.6 Å². The molecule has 0 spiro atoms. The Morgan fingerprint density at radius 2 is 1.65 bits per heavy atom. The summed E-state index contributed by atoms with van der Waals surface area (Å²) in [5.41, 5.74) is 1.62. The van der Waals surface area contributed by atoms with Gasteiger partial charge in [-0.25, -0.2) is 0 Å². The molecule has 1 saturated carbocycles. The van der Waals surface area contributed by atoms with E-state index < -0.39 is 0 Å². The smallest absolute Gasteiger partial charge is 0.253 e. The fourth-order valence-electron chi connectivity index (χ4n) is 3.12.